The molecule has 0 atom stereocenters. The monoisotopic (exact) mass is 226 g/mol. The van der Waals surface area contributed by atoms with Gasteiger partial charge in [0.05, 0.1) is 4.88 Å². The molecular weight excluding hydrogens is 216 g/mol. The maximum atomic E-state index is 5.39. The highest BCUT2D eigenvalue weighted by atomic mass is 32.2. The number of aromatic amines is 1. The van der Waals surface area contributed by atoms with Crippen molar-refractivity contribution in [2.24, 2.45) is 5.73 Å². The third kappa shape index (κ3) is 2.14. The normalized spacial score (nSPS) is 10.6. The molecule has 0 aromatic carbocycles. The molecule has 0 aliphatic carbocycles. The summed E-state index contributed by atoms with van der Waals surface area (Å²) in [4.78, 5) is 5.45. The standard InChI is InChI=1S/C8H10N4S2/c9-3-5-14-8-10-7(11-12-8)6-2-1-4-13-6/h1-2,4H,3,5,9H2,(H,10,11,12). The fraction of sp³-hybridized carbons (Fsp3) is 0.250. The summed E-state index contributed by atoms with van der Waals surface area (Å²) in [6.07, 6.45) is 0. The first kappa shape index (κ1) is 9.70. The summed E-state index contributed by atoms with van der Waals surface area (Å²) in [5.41, 5.74) is 5.39. The molecule has 2 rings (SSSR count). The summed E-state index contributed by atoms with van der Waals surface area (Å²) in [5.74, 6) is 1.68. The van der Waals surface area contributed by atoms with E-state index in [1.54, 1.807) is 23.1 Å². The molecule has 0 bridgehead atoms. The lowest BCUT2D eigenvalue weighted by molar-refractivity contribution is 0.971. The number of thioether (sulfide) groups is 1. The summed E-state index contributed by atoms with van der Waals surface area (Å²) in [5, 5.41) is 9.77. The Morgan fingerprint density at radius 1 is 1.57 bits per heavy atom. The lowest BCUT2D eigenvalue weighted by Gasteiger charge is -1.89. The van der Waals surface area contributed by atoms with Crippen LogP contribution in [0.1, 0.15) is 0 Å². The van der Waals surface area contributed by atoms with Gasteiger partial charge in [-0.1, -0.05) is 17.8 Å². The lowest BCUT2D eigenvalue weighted by atomic mass is 10.4. The maximum Gasteiger partial charge on any atom is 0.208 e. The third-order valence-corrected chi connectivity index (χ3v) is 3.33. The number of hydrogen-bond donors (Lipinski definition) is 2. The Balaban J connectivity index is 2.10. The SMILES string of the molecule is NCCSc1n[nH]c(-c2cccs2)n1. The molecule has 0 fully saturated rings. The minimum atomic E-state index is 0.646. The molecular formula is C8H10N4S2. The first-order chi connectivity index (χ1) is 6.90. The second kappa shape index (κ2) is 4.59. The summed E-state index contributed by atoms with van der Waals surface area (Å²) >= 11 is 3.21. The molecule has 0 radical (unpaired) electrons. The number of aromatic nitrogens is 3. The summed E-state index contributed by atoms with van der Waals surface area (Å²) in [7, 11) is 0. The van der Waals surface area contributed by atoms with Crippen molar-refractivity contribution in [3.05, 3.63) is 17.5 Å². The molecule has 6 heteroatoms. The first-order valence-corrected chi connectivity index (χ1v) is 6.06. The Bertz CT molecular complexity index is 382. The van der Waals surface area contributed by atoms with Crippen molar-refractivity contribution in [1.82, 2.24) is 15.2 Å². The molecule has 0 aliphatic rings. The maximum absolute atomic E-state index is 5.39. The van der Waals surface area contributed by atoms with E-state index in [0.717, 1.165) is 21.6 Å². The predicted molar refractivity (Wildman–Crippen MR) is 59.5 cm³/mol. The van der Waals surface area contributed by atoms with Crippen LogP contribution in [-0.2, 0) is 0 Å². The largest absolute Gasteiger partial charge is 0.330 e. The average molecular weight is 226 g/mol. The minimum absolute atomic E-state index is 0.646. The van der Waals surface area contributed by atoms with Crippen molar-refractivity contribution >= 4 is 23.1 Å². The highest BCUT2D eigenvalue weighted by Crippen LogP contribution is 2.22. The van der Waals surface area contributed by atoms with Gasteiger partial charge < -0.3 is 5.73 Å². The van der Waals surface area contributed by atoms with Crippen molar-refractivity contribution in [3.8, 4) is 10.7 Å². The number of nitrogens with zero attached hydrogens (tertiary/aromatic N) is 2. The van der Waals surface area contributed by atoms with Gasteiger partial charge in [0.25, 0.3) is 0 Å². The zero-order chi connectivity index (χ0) is 9.80. The van der Waals surface area contributed by atoms with E-state index in [9.17, 15) is 0 Å². The van der Waals surface area contributed by atoms with E-state index in [-0.39, 0.29) is 0 Å². The van der Waals surface area contributed by atoms with Crippen LogP contribution in [0.25, 0.3) is 10.7 Å². The van der Waals surface area contributed by atoms with Crippen LogP contribution in [0.15, 0.2) is 22.7 Å². The molecule has 0 aliphatic heterocycles. The topological polar surface area (TPSA) is 67.6 Å². The van der Waals surface area contributed by atoms with E-state index < -0.39 is 0 Å². The third-order valence-electron chi connectivity index (χ3n) is 1.57. The Morgan fingerprint density at radius 3 is 3.21 bits per heavy atom. The fourth-order valence-electron chi connectivity index (χ4n) is 0.985. The molecule has 74 valence electrons. The van der Waals surface area contributed by atoms with Crippen LogP contribution < -0.4 is 5.73 Å². The Labute approximate surface area is 89.9 Å². The van der Waals surface area contributed by atoms with Crippen molar-refractivity contribution in [3.63, 3.8) is 0 Å². The van der Waals surface area contributed by atoms with E-state index in [2.05, 4.69) is 15.2 Å². The molecule has 0 amide bonds. The fourth-order valence-corrected chi connectivity index (χ4v) is 2.21. The molecule has 4 nitrogen and oxygen atoms in total. The summed E-state index contributed by atoms with van der Waals surface area (Å²) in [6, 6.07) is 4.01. The van der Waals surface area contributed by atoms with E-state index in [4.69, 9.17) is 5.73 Å². The molecule has 0 saturated heterocycles. The van der Waals surface area contributed by atoms with Gasteiger partial charge in [0, 0.05) is 12.3 Å². The first-order valence-electron chi connectivity index (χ1n) is 4.19. The van der Waals surface area contributed by atoms with Gasteiger partial charge in [0.2, 0.25) is 5.16 Å². The molecule has 2 heterocycles. The molecule has 2 aromatic heterocycles. The highest BCUT2D eigenvalue weighted by molar-refractivity contribution is 7.99. The van der Waals surface area contributed by atoms with E-state index in [1.807, 2.05) is 17.5 Å². The van der Waals surface area contributed by atoms with Gasteiger partial charge in [-0.15, -0.1) is 16.4 Å². The number of H-pyrrole nitrogens is 1. The van der Waals surface area contributed by atoms with Gasteiger partial charge in [-0.3, -0.25) is 5.10 Å². The van der Waals surface area contributed by atoms with Crippen molar-refractivity contribution in [2.75, 3.05) is 12.3 Å². The predicted octanol–water partition coefficient (Wildman–Crippen LogP) is 1.58. The van der Waals surface area contributed by atoms with Crippen LogP contribution in [0, 0.1) is 0 Å². The quantitative estimate of drug-likeness (QED) is 0.777. The van der Waals surface area contributed by atoms with Gasteiger partial charge >= 0.3 is 0 Å². The van der Waals surface area contributed by atoms with E-state index in [1.165, 1.54) is 0 Å². The smallest absolute Gasteiger partial charge is 0.208 e. The highest BCUT2D eigenvalue weighted by Gasteiger charge is 2.05. The van der Waals surface area contributed by atoms with Crippen LogP contribution >= 0.6 is 23.1 Å². The summed E-state index contributed by atoms with van der Waals surface area (Å²) in [6.45, 7) is 0.646. The second-order valence-corrected chi connectivity index (χ2v) is 4.59. The molecule has 14 heavy (non-hydrogen) atoms. The van der Waals surface area contributed by atoms with E-state index in [0.29, 0.717) is 6.54 Å². The van der Waals surface area contributed by atoms with Crippen LogP contribution in [0.2, 0.25) is 0 Å². The minimum Gasteiger partial charge on any atom is -0.330 e. The average Bonchev–Trinajstić information content (AvgIpc) is 2.85. The number of thiophene rings is 1. The van der Waals surface area contributed by atoms with Gasteiger partial charge in [-0.05, 0) is 11.4 Å². The van der Waals surface area contributed by atoms with Gasteiger partial charge in [-0.2, -0.15) is 0 Å². The van der Waals surface area contributed by atoms with Gasteiger partial charge in [0.15, 0.2) is 5.82 Å². The zero-order valence-electron chi connectivity index (χ0n) is 7.43. The second-order valence-electron chi connectivity index (χ2n) is 2.58. The lowest BCUT2D eigenvalue weighted by Crippen LogP contribution is -2.01. The van der Waals surface area contributed by atoms with Crippen molar-refractivity contribution in [2.45, 2.75) is 5.16 Å². The van der Waals surface area contributed by atoms with Crippen LogP contribution in [0.5, 0.6) is 0 Å². The number of nitrogens with one attached hydrogen (secondary N) is 1. The van der Waals surface area contributed by atoms with Crippen LogP contribution in [0.4, 0.5) is 0 Å². The van der Waals surface area contributed by atoms with Crippen LogP contribution in [-0.4, -0.2) is 27.5 Å². The molecule has 0 saturated carbocycles. The van der Waals surface area contributed by atoms with Gasteiger partial charge in [-0.25, -0.2) is 4.98 Å². The number of nitrogens with two attached hydrogens (primary N) is 1. The number of hydrogen-bond acceptors (Lipinski definition) is 5. The van der Waals surface area contributed by atoms with E-state index >= 15 is 0 Å². The molecule has 2 aromatic rings. The van der Waals surface area contributed by atoms with Crippen LogP contribution in [0.3, 0.4) is 0 Å². The molecule has 3 N–H and O–H groups in total. The Morgan fingerprint density at radius 2 is 2.50 bits per heavy atom. The summed E-state index contributed by atoms with van der Waals surface area (Å²) < 4.78 is 0. The van der Waals surface area contributed by atoms with Crippen molar-refractivity contribution < 1.29 is 0 Å². The number of rotatable bonds is 4. The van der Waals surface area contributed by atoms with Crippen molar-refractivity contribution in [1.29, 1.82) is 0 Å². The molecule has 0 unspecified atom stereocenters. The molecule has 0 spiro atoms. The Hall–Kier alpha value is -0.850. The zero-order valence-corrected chi connectivity index (χ0v) is 9.07. The Kier molecular flexibility index (Phi) is 3.18. The van der Waals surface area contributed by atoms with Gasteiger partial charge in [0.1, 0.15) is 0 Å².